The maximum absolute atomic E-state index is 5.43. The number of nitrogens with zero attached hydrogens (tertiary/aromatic N) is 2. The molecule has 0 radical (unpaired) electrons. The van der Waals surface area contributed by atoms with Gasteiger partial charge in [0.2, 0.25) is 0 Å². The van der Waals surface area contributed by atoms with Crippen LogP contribution >= 0.6 is 11.3 Å². The van der Waals surface area contributed by atoms with Crippen molar-refractivity contribution in [1.29, 1.82) is 0 Å². The molecule has 45 heavy (non-hydrogen) atoms. The lowest BCUT2D eigenvalue weighted by molar-refractivity contribution is 1.45. The van der Waals surface area contributed by atoms with Gasteiger partial charge in [0.1, 0.15) is 0 Å². The van der Waals surface area contributed by atoms with Crippen molar-refractivity contribution in [3.63, 3.8) is 0 Å². The van der Waals surface area contributed by atoms with Crippen LogP contribution in [0.25, 0.3) is 53.0 Å². The van der Waals surface area contributed by atoms with Crippen LogP contribution in [0, 0.1) is 0 Å². The molecule has 6 aromatic carbocycles. The second kappa shape index (κ2) is 11.8. The zero-order valence-corrected chi connectivity index (χ0v) is 25.3. The van der Waals surface area contributed by atoms with E-state index < -0.39 is 0 Å². The predicted molar refractivity (Wildman–Crippen MR) is 196 cm³/mol. The molecule has 1 aliphatic rings. The first kappa shape index (κ1) is 26.9. The number of fused-ring (bicyclic) bond motifs is 7. The van der Waals surface area contributed by atoms with Crippen LogP contribution in [0.4, 0.5) is 0 Å². The lowest BCUT2D eigenvalue weighted by Gasteiger charge is -2.14. The summed E-state index contributed by atoms with van der Waals surface area (Å²) < 4.78 is 2.44. The van der Waals surface area contributed by atoms with Crippen LogP contribution in [0.1, 0.15) is 16.7 Å². The Kier molecular flexibility index (Phi) is 7.07. The summed E-state index contributed by atoms with van der Waals surface area (Å²) in [4.78, 5) is 10.4. The van der Waals surface area contributed by atoms with Crippen LogP contribution in [-0.2, 0) is 0 Å². The monoisotopic (exact) mass is 592 g/mol. The predicted octanol–water partition coefficient (Wildman–Crippen LogP) is 11.4. The van der Waals surface area contributed by atoms with E-state index in [9.17, 15) is 0 Å². The fraction of sp³-hybridized carbons (Fsp3) is 0. The molecular weight excluding hydrogens is 565 g/mol. The molecule has 0 aliphatic carbocycles. The minimum Gasteiger partial charge on any atom is -0.237 e. The van der Waals surface area contributed by atoms with Crippen LogP contribution in [0.5, 0.6) is 0 Å². The molecule has 2 heterocycles. The third-order valence-electron chi connectivity index (χ3n) is 8.23. The number of amidine groups is 1. The molecule has 1 aromatic heterocycles. The quantitative estimate of drug-likeness (QED) is 0.195. The van der Waals surface area contributed by atoms with Crippen molar-refractivity contribution in [3.05, 3.63) is 181 Å². The van der Waals surface area contributed by atoms with Gasteiger partial charge in [0.15, 0.2) is 5.84 Å². The van der Waals surface area contributed by atoms with Crippen molar-refractivity contribution in [3.8, 4) is 0 Å². The van der Waals surface area contributed by atoms with Gasteiger partial charge in [-0.25, -0.2) is 9.98 Å². The third kappa shape index (κ3) is 5.04. The van der Waals surface area contributed by atoms with Gasteiger partial charge in [-0.3, -0.25) is 0 Å². The van der Waals surface area contributed by atoms with E-state index >= 15 is 0 Å². The van der Waals surface area contributed by atoms with Crippen LogP contribution in [0.2, 0.25) is 0 Å². The van der Waals surface area contributed by atoms with Gasteiger partial charge >= 0.3 is 0 Å². The zero-order valence-electron chi connectivity index (χ0n) is 24.5. The molecule has 0 spiro atoms. The normalized spacial score (nSPS) is 17.4. The van der Waals surface area contributed by atoms with Crippen molar-refractivity contribution >= 4 is 76.4 Å². The Balaban J connectivity index is 1.55. The van der Waals surface area contributed by atoms with E-state index in [1.165, 1.54) is 30.9 Å². The largest absolute Gasteiger partial charge is 0.237 e. The maximum Gasteiger partial charge on any atom is 0.160 e. The minimum atomic E-state index is 0.678. The van der Waals surface area contributed by atoms with Crippen molar-refractivity contribution in [2.75, 3.05) is 0 Å². The number of allylic oxidation sites excluding steroid dienone is 3. The molecule has 7 aromatic rings. The summed E-state index contributed by atoms with van der Waals surface area (Å²) in [5, 5.41) is 7.11. The molecule has 2 nitrogen and oxygen atoms in total. The number of benzene rings is 6. The molecule has 0 saturated carbocycles. The lowest BCUT2D eigenvalue weighted by Crippen LogP contribution is -2.03. The van der Waals surface area contributed by atoms with Crippen molar-refractivity contribution in [2.24, 2.45) is 9.98 Å². The van der Waals surface area contributed by atoms with Gasteiger partial charge in [0.05, 0.1) is 5.70 Å². The van der Waals surface area contributed by atoms with Crippen LogP contribution in [0.15, 0.2) is 174 Å². The molecule has 0 atom stereocenters. The zero-order chi connectivity index (χ0) is 30.0. The highest BCUT2D eigenvalue weighted by atomic mass is 32.1. The second-order valence-corrected chi connectivity index (χ2v) is 12.0. The van der Waals surface area contributed by atoms with Crippen molar-refractivity contribution in [2.45, 2.75) is 0 Å². The van der Waals surface area contributed by atoms with Gasteiger partial charge in [-0.1, -0.05) is 146 Å². The fourth-order valence-electron chi connectivity index (χ4n) is 6.19. The van der Waals surface area contributed by atoms with E-state index in [4.69, 9.17) is 9.98 Å². The first-order chi connectivity index (χ1) is 22.3. The van der Waals surface area contributed by atoms with Gasteiger partial charge in [-0.2, -0.15) is 0 Å². The number of aliphatic imine (C=N–C) groups is 2. The molecule has 0 unspecified atom stereocenters. The van der Waals surface area contributed by atoms with Gasteiger partial charge in [-0.15, -0.1) is 11.3 Å². The van der Waals surface area contributed by atoms with Crippen LogP contribution in [-0.4, -0.2) is 12.1 Å². The van der Waals surface area contributed by atoms with Gasteiger partial charge < -0.3 is 0 Å². The van der Waals surface area contributed by atoms with Crippen LogP contribution in [0.3, 0.4) is 0 Å². The van der Waals surface area contributed by atoms with E-state index in [0.717, 1.165) is 38.7 Å². The van der Waals surface area contributed by atoms with Gasteiger partial charge in [-0.05, 0) is 45.3 Å². The summed E-state index contributed by atoms with van der Waals surface area (Å²) in [6, 6.07) is 53.6. The molecule has 8 rings (SSSR count). The summed E-state index contributed by atoms with van der Waals surface area (Å²) in [7, 11) is 0. The number of hydrogen-bond acceptors (Lipinski definition) is 3. The molecule has 0 saturated heterocycles. The van der Waals surface area contributed by atoms with E-state index in [2.05, 4.69) is 146 Å². The van der Waals surface area contributed by atoms with Gasteiger partial charge in [0.25, 0.3) is 0 Å². The minimum absolute atomic E-state index is 0.678. The van der Waals surface area contributed by atoms with Crippen molar-refractivity contribution < 1.29 is 0 Å². The summed E-state index contributed by atoms with van der Waals surface area (Å²) in [6.07, 6.45) is 6.00. The molecular formula is C42H28N2S. The fourth-order valence-corrected chi connectivity index (χ4v) is 7.29. The molecule has 0 bridgehead atoms. The smallest absolute Gasteiger partial charge is 0.160 e. The Bertz CT molecular complexity index is 2410. The van der Waals surface area contributed by atoms with Crippen molar-refractivity contribution in [1.82, 2.24) is 0 Å². The van der Waals surface area contributed by atoms with Crippen LogP contribution < -0.4 is 0 Å². The van der Waals surface area contributed by atoms with E-state index in [-0.39, 0.29) is 0 Å². The first-order valence-corrected chi connectivity index (χ1v) is 15.9. The number of hydrogen-bond donors (Lipinski definition) is 0. The average Bonchev–Trinajstić information content (AvgIpc) is 3.14. The highest BCUT2D eigenvalue weighted by Crippen LogP contribution is 2.37. The Morgan fingerprint density at radius 2 is 1.00 bits per heavy atom. The number of rotatable bonds is 3. The molecule has 1 aliphatic heterocycles. The van der Waals surface area contributed by atoms with E-state index in [1.807, 2.05) is 35.8 Å². The summed E-state index contributed by atoms with van der Waals surface area (Å²) >= 11 is 1.82. The molecule has 0 N–H and O–H groups in total. The Labute approximate surface area is 266 Å². The third-order valence-corrected chi connectivity index (χ3v) is 9.38. The SMILES string of the molecule is C1=C/C(c2ccccc2)=C(c2ccccc2)\N=C(c2cccc3c4ccccc4c4ccccc4sc4ccccc4c23)/N=C/1. The molecule has 0 amide bonds. The first-order valence-electron chi connectivity index (χ1n) is 15.1. The second-order valence-electron chi connectivity index (χ2n) is 10.9. The van der Waals surface area contributed by atoms with E-state index in [1.54, 1.807) is 0 Å². The molecule has 0 fully saturated rings. The summed E-state index contributed by atoms with van der Waals surface area (Å²) in [6.45, 7) is 0. The molecule has 3 heteroatoms. The Morgan fingerprint density at radius 3 is 1.73 bits per heavy atom. The topological polar surface area (TPSA) is 24.7 Å². The highest BCUT2D eigenvalue weighted by Gasteiger charge is 2.16. The highest BCUT2D eigenvalue weighted by molar-refractivity contribution is 7.24. The average molecular weight is 593 g/mol. The maximum atomic E-state index is 5.43. The Hall–Kier alpha value is -5.64. The van der Waals surface area contributed by atoms with Gasteiger partial charge in [0, 0.05) is 43.1 Å². The molecule has 212 valence electrons. The Morgan fingerprint density at radius 1 is 0.444 bits per heavy atom. The standard InChI is InChI=1S/C42H28N2S/c1-3-15-29(16-4-1)31-25-14-28-43-42(44-41(31)30-17-5-2-6-18-30)37-24-13-23-35-33-20-8-7-19-32(33)34-21-9-11-26-38(34)45-39-27-12-10-22-36(39)40(35)37/h1-28H/b25-14+,28-14?,31-25?,41-31+,43-28+,43-42?,44-41?,44-42-. The summed E-state index contributed by atoms with van der Waals surface area (Å²) in [5.41, 5.74) is 5.09. The van der Waals surface area contributed by atoms with E-state index in [0.29, 0.717) is 5.84 Å². The lowest BCUT2D eigenvalue weighted by atomic mass is 9.96. The summed E-state index contributed by atoms with van der Waals surface area (Å²) in [5.74, 6) is 0.678.